The molecule has 0 heterocycles. The first kappa shape index (κ1) is 55.3. The van der Waals surface area contributed by atoms with Gasteiger partial charge in [-0.25, -0.2) is 0 Å². The maximum atomic E-state index is 4.20. The lowest BCUT2D eigenvalue weighted by Gasteiger charge is -2.36. The molecule has 0 aromatic heterocycles. The Kier molecular flexibility index (Phi) is 14.5. The summed E-state index contributed by atoms with van der Waals surface area (Å²) in [5, 5.41) is 0. The van der Waals surface area contributed by atoms with Gasteiger partial charge in [-0.1, -0.05) is 145 Å². The molecule has 0 aliphatic heterocycles. The summed E-state index contributed by atoms with van der Waals surface area (Å²) in [6.45, 7) is 23.9. The average molecular weight is 1120 g/mol. The minimum Gasteiger partial charge on any atom is -0.334 e. The second kappa shape index (κ2) is 22.6. The number of aryl methyl sites for hydroxylation is 6. The number of fused-ring (bicyclic) bond motifs is 10. The van der Waals surface area contributed by atoms with Crippen LogP contribution in [0.2, 0.25) is 0 Å². The summed E-state index contributed by atoms with van der Waals surface area (Å²) in [4.78, 5) is 9.94. The molecule has 0 radical (unpaired) electrons. The minimum atomic E-state index is -0.838. The second-order valence-electron chi connectivity index (χ2n) is 24.3. The van der Waals surface area contributed by atoms with E-state index in [1.807, 2.05) is 6.92 Å². The summed E-state index contributed by atoms with van der Waals surface area (Å²) in [6, 6.07) is 83.1. The van der Waals surface area contributed by atoms with Gasteiger partial charge < -0.3 is 19.6 Å². The molecule has 4 nitrogen and oxygen atoms in total. The Morgan fingerprint density at radius 3 is 1.15 bits per heavy atom. The number of benzene rings is 10. The fourth-order valence-electron chi connectivity index (χ4n) is 13.8. The van der Waals surface area contributed by atoms with Gasteiger partial charge in [-0.2, -0.15) is 0 Å². The Morgan fingerprint density at radius 2 is 0.733 bits per heavy atom. The third-order valence-electron chi connectivity index (χ3n) is 17.5. The molecule has 3 aliphatic carbocycles. The van der Waals surface area contributed by atoms with Crippen molar-refractivity contribution in [2.24, 2.45) is 0 Å². The third-order valence-corrected chi connectivity index (χ3v) is 17.5. The van der Waals surface area contributed by atoms with Crippen LogP contribution in [-0.4, -0.2) is 6.04 Å². The minimum absolute atomic E-state index is 0.0959. The highest BCUT2D eigenvalue weighted by Gasteiger charge is 2.53. The third kappa shape index (κ3) is 10.1. The number of hydrogen-bond donors (Lipinski definition) is 0. The molecule has 0 saturated heterocycles. The van der Waals surface area contributed by atoms with Crippen molar-refractivity contribution in [3.05, 3.63) is 334 Å². The average Bonchev–Trinajstić information content (AvgIpc) is 1.54. The van der Waals surface area contributed by atoms with Crippen LogP contribution >= 0.6 is 0 Å². The first-order valence-electron chi connectivity index (χ1n) is 30.2. The summed E-state index contributed by atoms with van der Waals surface area (Å²) in [5.74, 6) is 0. The zero-order valence-electron chi connectivity index (χ0n) is 51.0. The van der Waals surface area contributed by atoms with Crippen LogP contribution in [0, 0.1) is 41.5 Å². The molecular formula is C82H74N4. The van der Waals surface area contributed by atoms with Crippen molar-refractivity contribution >= 4 is 56.9 Å². The molecule has 4 heteroatoms. The highest BCUT2D eigenvalue weighted by Crippen LogP contribution is 2.65. The second-order valence-corrected chi connectivity index (χ2v) is 24.3. The maximum Gasteiger partial charge on any atom is 0.0728 e. The maximum absolute atomic E-state index is 4.20. The number of hydrogen-bond acceptors (Lipinski definition) is 4. The molecule has 10 aromatic rings. The molecule has 0 bridgehead atoms. The summed E-state index contributed by atoms with van der Waals surface area (Å²) >= 11 is 0. The van der Waals surface area contributed by atoms with Crippen LogP contribution in [0.15, 0.2) is 278 Å². The van der Waals surface area contributed by atoms with Gasteiger partial charge in [0, 0.05) is 62.6 Å². The van der Waals surface area contributed by atoms with Crippen molar-refractivity contribution < 1.29 is 0 Å². The van der Waals surface area contributed by atoms with Crippen molar-refractivity contribution in [2.75, 3.05) is 19.6 Å². The van der Waals surface area contributed by atoms with Gasteiger partial charge in [-0.3, -0.25) is 0 Å². The molecule has 86 heavy (non-hydrogen) atoms. The fraction of sp³-hybridized carbons (Fsp3) is 0.146. The van der Waals surface area contributed by atoms with Crippen LogP contribution in [0.5, 0.6) is 0 Å². The van der Waals surface area contributed by atoms with Crippen molar-refractivity contribution in [3.8, 4) is 22.3 Å². The van der Waals surface area contributed by atoms with Crippen molar-refractivity contribution in [1.82, 2.24) is 0 Å². The fourth-order valence-corrected chi connectivity index (χ4v) is 13.8. The largest absolute Gasteiger partial charge is 0.334 e. The Bertz CT molecular complexity index is 4250. The molecule has 2 atom stereocenters. The monoisotopic (exact) mass is 1110 g/mol. The Labute approximate surface area is 510 Å². The Balaban J connectivity index is 1.16. The van der Waals surface area contributed by atoms with Crippen LogP contribution in [0.25, 0.3) is 22.3 Å². The van der Waals surface area contributed by atoms with E-state index in [1.54, 1.807) is 0 Å². The van der Waals surface area contributed by atoms with Gasteiger partial charge in [0.25, 0.3) is 0 Å². The van der Waals surface area contributed by atoms with E-state index < -0.39 is 5.41 Å². The summed E-state index contributed by atoms with van der Waals surface area (Å²) in [6.07, 6.45) is 14.2. The van der Waals surface area contributed by atoms with E-state index in [-0.39, 0.29) is 6.04 Å². The van der Waals surface area contributed by atoms with Gasteiger partial charge in [0.05, 0.1) is 11.5 Å². The highest BCUT2D eigenvalue weighted by molar-refractivity contribution is 5.99. The Morgan fingerprint density at radius 1 is 0.407 bits per heavy atom. The van der Waals surface area contributed by atoms with Crippen LogP contribution in [0.3, 0.4) is 0 Å². The molecule has 0 fully saturated rings. The van der Waals surface area contributed by atoms with Gasteiger partial charge in [0.15, 0.2) is 0 Å². The van der Waals surface area contributed by atoms with Crippen LogP contribution in [0.1, 0.15) is 82.8 Å². The quantitative estimate of drug-likeness (QED) is 0.101. The summed E-state index contributed by atoms with van der Waals surface area (Å²) in [5.41, 5.74) is 30.9. The predicted octanol–water partition coefficient (Wildman–Crippen LogP) is 22.4. The van der Waals surface area contributed by atoms with E-state index in [4.69, 9.17) is 0 Å². The van der Waals surface area contributed by atoms with Crippen molar-refractivity contribution in [2.45, 2.75) is 80.2 Å². The van der Waals surface area contributed by atoms with Gasteiger partial charge in [0.1, 0.15) is 0 Å². The lowest BCUT2D eigenvalue weighted by Crippen LogP contribution is -2.31. The van der Waals surface area contributed by atoms with Crippen LogP contribution < -0.4 is 19.6 Å². The van der Waals surface area contributed by atoms with Gasteiger partial charge >= 0.3 is 0 Å². The molecule has 1 spiro atoms. The van der Waals surface area contributed by atoms with Crippen LogP contribution in [0.4, 0.5) is 56.9 Å². The number of allylic oxidation sites excluding steroid dienone is 7. The molecule has 1 unspecified atom stereocenters. The smallest absolute Gasteiger partial charge is 0.0728 e. The lowest BCUT2D eigenvalue weighted by atomic mass is 9.70. The molecule has 3 aliphatic rings. The number of nitrogens with zero attached hydrogens (tertiary/aromatic N) is 4. The molecule has 0 N–H and O–H groups in total. The molecular weight excluding hydrogens is 1040 g/mol. The SMILES string of the molecule is C=C(C)/C=C\C=C(/C)N(c1cccc(C)c1)c1ccc2c(c1)C1(c3cc(N(c4cccc(C)c4)c4cccc(C)c4)ccc3-2)c2cc(N(c3cccc(C)c3)c3cccc(C)c3)ccc2-c2ccc(N(c3cccc(C)c3)[C@H]3C=CC=C(C)C3)cc21. The van der Waals surface area contributed by atoms with Crippen LogP contribution in [-0.2, 0) is 5.41 Å². The number of rotatable bonds is 14. The normalized spacial score (nSPS) is 15.5. The van der Waals surface area contributed by atoms with Crippen molar-refractivity contribution in [1.29, 1.82) is 0 Å². The number of anilines is 10. The van der Waals surface area contributed by atoms with Gasteiger partial charge in [0.2, 0.25) is 0 Å². The lowest BCUT2D eigenvalue weighted by molar-refractivity contribution is 0.752. The van der Waals surface area contributed by atoms with E-state index in [0.717, 1.165) is 68.9 Å². The van der Waals surface area contributed by atoms with E-state index in [1.165, 1.54) is 89.1 Å². The zero-order chi connectivity index (χ0) is 59.4. The predicted molar refractivity (Wildman–Crippen MR) is 367 cm³/mol. The summed E-state index contributed by atoms with van der Waals surface area (Å²) < 4.78 is 0. The molecule has 0 saturated carbocycles. The van der Waals surface area contributed by atoms with Gasteiger partial charge in [-0.15, -0.1) is 0 Å². The molecule has 0 amide bonds. The first-order chi connectivity index (χ1) is 41.7. The summed E-state index contributed by atoms with van der Waals surface area (Å²) in [7, 11) is 0. The zero-order valence-corrected chi connectivity index (χ0v) is 51.0. The van der Waals surface area contributed by atoms with E-state index >= 15 is 0 Å². The van der Waals surface area contributed by atoms with E-state index in [2.05, 4.69) is 336 Å². The molecule has 13 rings (SSSR count). The van der Waals surface area contributed by atoms with Gasteiger partial charge in [-0.05, 0) is 274 Å². The van der Waals surface area contributed by atoms with E-state index in [0.29, 0.717) is 0 Å². The van der Waals surface area contributed by atoms with E-state index in [9.17, 15) is 0 Å². The standard InChI is InChI=1S/C82H74N4/c1-54(2)19-11-27-62(10)83(63-28-12-20-55(3)43-63)70-35-39-74-75-40-36-71(84(64-29-13-21-56(4)44-64)65-30-14-22-57(5)45-65)51-79(75)82(78(74)50-70)80-52-72(85(66-31-15-23-58(6)46-66)67-32-16-24-59(7)47-67)37-41-76(80)77-42-38-73(53-81(77)82)86(68-33-17-25-60(8)48-68)69-34-18-26-61(9)49-69/h11-48,50-53,69H,1,49H2,2-10H3/b19-11-,62-27+/t69-,82?/m0/s1. The molecule has 10 aromatic carbocycles. The molecule has 422 valence electrons. The highest BCUT2D eigenvalue weighted by atomic mass is 15.2. The Hall–Kier alpha value is -9.90. The topological polar surface area (TPSA) is 13.0 Å². The first-order valence-corrected chi connectivity index (χ1v) is 30.2. The van der Waals surface area contributed by atoms with Crippen molar-refractivity contribution in [3.63, 3.8) is 0 Å².